The minimum absolute atomic E-state index is 0.158. The Kier molecular flexibility index (Phi) is 6.19. The van der Waals surface area contributed by atoms with Gasteiger partial charge in [-0.2, -0.15) is 0 Å². The second-order valence-electron chi connectivity index (χ2n) is 5.34. The minimum Gasteiger partial charge on any atom is -0.494 e. The molecule has 0 amide bonds. The molecule has 1 aliphatic rings. The van der Waals surface area contributed by atoms with Gasteiger partial charge >= 0.3 is 0 Å². The fraction of sp³-hybridized carbons (Fsp3) is 0.600. The molecule has 6 nitrogen and oxygen atoms in total. The first-order chi connectivity index (χ1) is 10.5. The number of nitrogens with zero attached hydrogens (tertiary/aromatic N) is 1. The van der Waals surface area contributed by atoms with Crippen molar-refractivity contribution in [1.82, 2.24) is 9.62 Å². The lowest BCUT2D eigenvalue weighted by Gasteiger charge is -2.29. The Labute approximate surface area is 132 Å². The molecule has 0 bridgehead atoms. The molecular weight excluding hydrogens is 304 g/mol. The van der Waals surface area contributed by atoms with Crippen molar-refractivity contribution in [3.05, 3.63) is 24.3 Å². The summed E-state index contributed by atoms with van der Waals surface area (Å²) in [6.07, 6.45) is 0. The van der Waals surface area contributed by atoms with E-state index >= 15 is 0 Å². The molecule has 124 valence electrons. The van der Waals surface area contributed by atoms with Crippen LogP contribution in [0.2, 0.25) is 0 Å². The zero-order valence-electron chi connectivity index (χ0n) is 13.1. The van der Waals surface area contributed by atoms with Gasteiger partial charge in [0.15, 0.2) is 0 Å². The van der Waals surface area contributed by atoms with E-state index in [9.17, 15) is 8.42 Å². The van der Waals surface area contributed by atoms with Crippen LogP contribution in [0.5, 0.6) is 5.75 Å². The quantitative estimate of drug-likeness (QED) is 0.811. The number of rotatable bonds is 7. The SMILES string of the molecule is CCOc1ccc(S(=O)(=O)NC(C)CN2CCOCC2)cc1. The monoisotopic (exact) mass is 328 g/mol. The molecule has 0 spiro atoms. The first-order valence-corrected chi connectivity index (χ1v) is 9.05. The molecule has 22 heavy (non-hydrogen) atoms. The van der Waals surface area contributed by atoms with Crippen molar-refractivity contribution in [2.45, 2.75) is 24.8 Å². The standard InChI is InChI=1S/C15H24N2O4S/c1-3-21-14-4-6-15(7-5-14)22(18,19)16-13(2)12-17-8-10-20-11-9-17/h4-7,13,16H,3,8-12H2,1-2H3. The zero-order chi connectivity index (χ0) is 16.0. The Balaban J connectivity index is 1.94. The van der Waals surface area contributed by atoms with Crippen LogP contribution in [-0.4, -0.2) is 58.8 Å². The highest BCUT2D eigenvalue weighted by Gasteiger charge is 2.20. The highest BCUT2D eigenvalue weighted by molar-refractivity contribution is 7.89. The van der Waals surface area contributed by atoms with Gasteiger partial charge < -0.3 is 9.47 Å². The van der Waals surface area contributed by atoms with Gasteiger partial charge in [-0.15, -0.1) is 0 Å². The summed E-state index contributed by atoms with van der Waals surface area (Å²) in [6.45, 7) is 8.10. The topological polar surface area (TPSA) is 67.9 Å². The molecular formula is C15H24N2O4S. The number of benzene rings is 1. The van der Waals surface area contributed by atoms with Crippen molar-refractivity contribution in [1.29, 1.82) is 0 Å². The molecule has 0 radical (unpaired) electrons. The molecule has 2 rings (SSSR count). The van der Waals surface area contributed by atoms with Gasteiger partial charge in [0, 0.05) is 25.7 Å². The van der Waals surface area contributed by atoms with Crippen LogP contribution in [0.15, 0.2) is 29.2 Å². The van der Waals surface area contributed by atoms with E-state index in [4.69, 9.17) is 9.47 Å². The Morgan fingerprint density at radius 3 is 2.50 bits per heavy atom. The van der Waals surface area contributed by atoms with Crippen molar-refractivity contribution in [2.75, 3.05) is 39.5 Å². The van der Waals surface area contributed by atoms with Crippen LogP contribution in [0, 0.1) is 0 Å². The first kappa shape index (κ1) is 17.2. The minimum atomic E-state index is -3.51. The van der Waals surface area contributed by atoms with Crippen molar-refractivity contribution in [3.8, 4) is 5.75 Å². The Bertz CT molecular complexity index is 553. The summed E-state index contributed by atoms with van der Waals surface area (Å²) in [5.41, 5.74) is 0. The molecule has 1 N–H and O–H groups in total. The molecule has 1 aromatic carbocycles. The van der Waals surface area contributed by atoms with Gasteiger partial charge in [0.05, 0.1) is 24.7 Å². The summed E-state index contributed by atoms with van der Waals surface area (Å²) >= 11 is 0. The van der Waals surface area contributed by atoms with Crippen molar-refractivity contribution in [3.63, 3.8) is 0 Å². The van der Waals surface area contributed by atoms with E-state index in [1.54, 1.807) is 24.3 Å². The number of ether oxygens (including phenoxy) is 2. The molecule has 7 heteroatoms. The lowest BCUT2D eigenvalue weighted by Crippen LogP contribution is -2.45. The van der Waals surface area contributed by atoms with Gasteiger partial charge in [0.25, 0.3) is 0 Å². The van der Waals surface area contributed by atoms with Gasteiger partial charge in [-0.3, -0.25) is 4.90 Å². The third-order valence-electron chi connectivity index (χ3n) is 3.44. The van der Waals surface area contributed by atoms with E-state index < -0.39 is 10.0 Å². The normalized spacial score (nSPS) is 18.1. The third kappa shape index (κ3) is 4.95. The predicted molar refractivity (Wildman–Crippen MR) is 84.7 cm³/mol. The van der Waals surface area contributed by atoms with Crippen molar-refractivity contribution >= 4 is 10.0 Å². The average Bonchev–Trinajstić information content (AvgIpc) is 2.48. The molecule has 1 heterocycles. The van der Waals surface area contributed by atoms with Crippen LogP contribution in [0.3, 0.4) is 0 Å². The number of hydrogen-bond acceptors (Lipinski definition) is 5. The lowest BCUT2D eigenvalue weighted by atomic mass is 10.3. The molecule has 1 saturated heterocycles. The summed E-state index contributed by atoms with van der Waals surface area (Å²) in [4.78, 5) is 2.46. The Hall–Kier alpha value is -1.15. The van der Waals surface area contributed by atoms with E-state index in [0.29, 0.717) is 32.1 Å². The van der Waals surface area contributed by atoms with E-state index in [0.717, 1.165) is 13.1 Å². The average molecular weight is 328 g/mol. The summed E-state index contributed by atoms with van der Waals surface area (Å²) in [7, 11) is -3.51. The van der Waals surface area contributed by atoms with Gasteiger partial charge in [0.2, 0.25) is 10.0 Å². The van der Waals surface area contributed by atoms with Gasteiger partial charge in [-0.05, 0) is 38.1 Å². The maximum absolute atomic E-state index is 12.4. The summed E-state index contributed by atoms with van der Waals surface area (Å²) in [5.74, 6) is 0.669. The molecule has 1 aliphatic heterocycles. The van der Waals surface area contributed by atoms with E-state index in [2.05, 4.69) is 9.62 Å². The summed E-state index contributed by atoms with van der Waals surface area (Å²) < 4.78 is 38.0. The highest BCUT2D eigenvalue weighted by atomic mass is 32.2. The Morgan fingerprint density at radius 1 is 1.27 bits per heavy atom. The molecule has 1 unspecified atom stereocenters. The summed E-state index contributed by atoms with van der Waals surface area (Å²) in [5, 5.41) is 0. The molecule has 0 aliphatic carbocycles. The maximum Gasteiger partial charge on any atom is 0.240 e. The van der Waals surface area contributed by atoms with Gasteiger partial charge in [-0.1, -0.05) is 0 Å². The van der Waals surface area contributed by atoms with Crippen LogP contribution in [0.25, 0.3) is 0 Å². The van der Waals surface area contributed by atoms with Crippen LogP contribution >= 0.6 is 0 Å². The molecule has 0 aromatic heterocycles. The Morgan fingerprint density at radius 2 is 1.91 bits per heavy atom. The van der Waals surface area contributed by atoms with E-state index in [1.807, 2.05) is 13.8 Å². The highest BCUT2D eigenvalue weighted by Crippen LogP contribution is 2.16. The van der Waals surface area contributed by atoms with E-state index in [-0.39, 0.29) is 10.9 Å². The van der Waals surface area contributed by atoms with Crippen LogP contribution in [-0.2, 0) is 14.8 Å². The molecule has 1 aromatic rings. The third-order valence-corrected chi connectivity index (χ3v) is 5.04. The van der Waals surface area contributed by atoms with Crippen molar-refractivity contribution in [2.24, 2.45) is 0 Å². The van der Waals surface area contributed by atoms with E-state index in [1.165, 1.54) is 0 Å². The zero-order valence-corrected chi connectivity index (χ0v) is 13.9. The smallest absolute Gasteiger partial charge is 0.240 e. The second-order valence-corrected chi connectivity index (χ2v) is 7.05. The van der Waals surface area contributed by atoms with Crippen molar-refractivity contribution < 1.29 is 17.9 Å². The molecule has 1 fully saturated rings. The maximum atomic E-state index is 12.4. The fourth-order valence-electron chi connectivity index (χ4n) is 2.42. The first-order valence-electron chi connectivity index (χ1n) is 7.56. The number of morpholine rings is 1. The predicted octanol–water partition coefficient (Wildman–Crippen LogP) is 1.08. The van der Waals surface area contributed by atoms with Crippen LogP contribution in [0.4, 0.5) is 0 Å². The number of sulfonamides is 1. The number of hydrogen-bond donors (Lipinski definition) is 1. The fourth-order valence-corrected chi connectivity index (χ4v) is 3.66. The lowest BCUT2D eigenvalue weighted by molar-refractivity contribution is 0.0354. The number of nitrogens with one attached hydrogen (secondary N) is 1. The molecule has 1 atom stereocenters. The van der Waals surface area contributed by atoms with Crippen LogP contribution < -0.4 is 9.46 Å². The largest absolute Gasteiger partial charge is 0.494 e. The van der Waals surface area contributed by atoms with Crippen LogP contribution in [0.1, 0.15) is 13.8 Å². The molecule has 0 saturated carbocycles. The second kappa shape index (κ2) is 7.92. The van der Waals surface area contributed by atoms with Gasteiger partial charge in [0.1, 0.15) is 5.75 Å². The summed E-state index contributed by atoms with van der Waals surface area (Å²) in [6, 6.07) is 6.31. The van der Waals surface area contributed by atoms with Gasteiger partial charge in [-0.25, -0.2) is 13.1 Å².